The summed E-state index contributed by atoms with van der Waals surface area (Å²) in [4.78, 5) is -0.223. The second-order valence-corrected chi connectivity index (χ2v) is 6.12. The molecule has 0 fully saturated rings. The van der Waals surface area contributed by atoms with Crippen molar-refractivity contribution < 1.29 is 26.3 Å². The Kier molecular flexibility index (Phi) is 4.87. The van der Waals surface area contributed by atoms with Crippen LogP contribution in [0, 0.1) is 0 Å². The van der Waals surface area contributed by atoms with E-state index in [0.717, 1.165) is 7.05 Å². The summed E-state index contributed by atoms with van der Waals surface area (Å²) in [5.74, 6) is -0.0103. The van der Waals surface area contributed by atoms with Crippen LogP contribution < -0.4 is 10.5 Å². The Morgan fingerprint density at radius 2 is 1.95 bits per heavy atom. The number of sulfonamides is 1. The number of alkyl halides is 3. The number of nitrogen functional groups attached to an aromatic ring is 1. The first-order valence-electron chi connectivity index (χ1n) is 5.54. The molecular weight excluding hydrogens is 297 g/mol. The van der Waals surface area contributed by atoms with E-state index in [2.05, 4.69) is 0 Å². The fourth-order valence-corrected chi connectivity index (χ4v) is 2.77. The minimum atomic E-state index is -4.42. The number of nitrogens with two attached hydrogens (primary N) is 1. The van der Waals surface area contributed by atoms with E-state index in [1.807, 2.05) is 0 Å². The zero-order valence-electron chi connectivity index (χ0n) is 10.9. The van der Waals surface area contributed by atoms with Gasteiger partial charge in [-0.15, -0.1) is 0 Å². The van der Waals surface area contributed by atoms with E-state index < -0.39 is 29.2 Å². The largest absolute Gasteiger partial charge is 0.495 e. The summed E-state index contributed by atoms with van der Waals surface area (Å²) < 4.78 is 66.3. The van der Waals surface area contributed by atoms with Crippen LogP contribution in [0.5, 0.6) is 5.75 Å². The van der Waals surface area contributed by atoms with Gasteiger partial charge in [0.05, 0.1) is 13.5 Å². The number of rotatable bonds is 5. The number of benzene rings is 1. The van der Waals surface area contributed by atoms with Gasteiger partial charge < -0.3 is 10.5 Å². The Hall–Kier alpha value is -1.48. The van der Waals surface area contributed by atoms with E-state index in [9.17, 15) is 21.6 Å². The molecule has 0 heterocycles. The number of methoxy groups -OCH3 is 1. The molecule has 0 unspecified atom stereocenters. The predicted molar refractivity (Wildman–Crippen MR) is 67.9 cm³/mol. The van der Waals surface area contributed by atoms with Crippen molar-refractivity contribution in [3.05, 3.63) is 18.2 Å². The number of halogens is 3. The highest BCUT2D eigenvalue weighted by atomic mass is 32.2. The quantitative estimate of drug-likeness (QED) is 0.842. The lowest BCUT2D eigenvalue weighted by Gasteiger charge is -2.19. The first-order valence-corrected chi connectivity index (χ1v) is 6.98. The maximum absolute atomic E-state index is 12.2. The molecule has 20 heavy (non-hydrogen) atoms. The summed E-state index contributed by atoms with van der Waals surface area (Å²) in [7, 11) is -1.73. The van der Waals surface area contributed by atoms with Crippen LogP contribution >= 0.6 is 0 Å². The molecule has 0 aromatic heterocycles. The van der Waals surface area contributed by atoms with Crippen molar-refractivity contribution in [1.29, 1.82) is 0 Å². The molecule has 0 aliphatic heterocycles. The molecule has 0 spiro atoms. The minimum absolute atomic E-state index is 0.0103. The van der Waals surface area contributed by atoms with Gasteiger partial charge in [-0.05, 0) is 12.1 Å². The van der Waals surface area contributed by atoms with Gasteiger partial charge >= 0.3 is 6.18 Å². The Morgan fingerprint density at radius 3 is 2.45 bits per heavy atom. The molecule has 1 aromatic carbocycles. The molecule has 0 bridgehead atoms. The third-order valence-electron chi connectivity index (χ3n) is 2.59. The van der Waals surface area contributed by atoms with Gasteiger partial charge in [0.2, 0.25) is 10.0 Å². The number of nitrogens with zero attached hydrogens (tertiary/aromatic N) is 1. The first kappa shape index (κ1) is 16.6. The van der Waals surface area contributed by atoms with E-state index in [4.69, 9.17) is 10.5 Å². The monoisotopic (exact) mass is 312 g/mol. The third-order valence-corrected chi connectivity index (χ3v) is 4.48. The van der Waals surface area contributed by atoms with Crippen LogP contribution in [0.2, 0.25) is 0 Å². The summed E-state index contributed by atoms with van der Waals surface area (Å²) in [6.45, 7) is -0.667. The molecule has 5 nitrogen and oxygen atoms in total. The van der Waals surface area contributed by atoms with E-state index in [0.29, 0.717) is 9.99 Å². The van der Waals surface area contributed by atoms with Crippen LogP contribution in [-0.2, 0) is 10.0 Å². The van der Waals surface area contributed by atoms with E-state index in [-0.39, 0.29) is 10.6 Å². The maximum atomic E-state index is 12.2. The Morgan fingerprint density at radius 1 is 1.35 bits per heavy atom. The van der Waals surface area contributed by atoms with Gasteiger partial charge in [-0.2, -0.15) is 13.2 Å². The van der Waals surface area contributed by atoms with Gasteiger partial charge in [0.15, 0.2) is 0 Å². The molecule has 1 aromatic rings. The highest BCUT2D eigenvalue weighted by molar-refractivity contribution is 7.89. The van der Waals surface area contributed by atoms with Gasteiger partial charge in [0.25, 0.3) is 0 Å². The van der Waals surface area contributed by atoms with Crippen molar-refractivity contribution in [3.63, 3.8) is 0 Å². The van der Waals surface area contributed by atoms with Crippen LogP contribution in [0.1, 0.15) is 6.42 Å². The number of hydrogen-bond donors (Lipinski definition) is 1. The normalized spacial score (nSPS) is 12.7. The lowest BCUT2D eigenvalue weighted by molar-refractivity contribution is -0.135. The molecule has 9 heteroatoms. The highest BCUT2D eigenvalue weighted by Gasteiger charge is 2.31. The molecule has 0 aliphatic rings. The van der Waals surface area contributed by atoms with Crippen molar-refractivity contribution in [2.45, 2.75) is 17.5 Å². The number of anilines is 1. The molecule has 2 N–H and O–H groups in total. The van der Waals surface area contributed by atoms with Crippen LogP contribution in [-0.4, -0.2) is 39.6 Å². The standard InChI is InChI=1S/C11H15F3N2O3S/c1-16(6-5-11(12,13)14)20(17,18)10-4-3-8(15)7-9(10)19-2/h3-4,7H,5-6,15H2,1-2H3. The van der Waals surface area contributed by atoms with E-state index >= 15 is 0 Å². The molecule has 0 radical (unpaired) electrons. The SMILES string of the molecule is COc1cc(N)ccc1S(=O)(=O)N(C)CCC(F)(F)F. The van der Waals surface area contributed by atoms with Crippen LogP contribution in [0.25, 0.3) is 0 Å². The first-order chi connectivity index (χ1) is 9.08. The summed E-state index contributed by atoms with van der Waals surface area (Å²) in [6, 6.07) is 3.84. The molecule has 0 amide bonds. The van der Waals surface area contributed by atoms with Gasteiger partial charge in [0.1, 0.15) is 10.6 Å². The van der Waals surface area contributed by atoms with E-state index in [1.54, 1.807) is 0 Å². The fourth-order valence-electron chi connectivity index (χ4n) is 1.47. The topological polar surface area (TPSA) is 72.6 Å². The van der Waals surface area contributed by atoms with Crippen LogP contribution in [0.3, 0.4) is 0 Å². The summed E-state index contributed by atoms with van der Waals surface area (Å²) >= 11 is 0. The molecule has 0 aliphatic carbocycles. The summed E-state index contributed by atoms with van der Waals surface area (Å²) in [6.07, 6.45) is -5.64. The zero-order chi connectivity index (χ0) is 15.6. The summed E-state index contributed by atoms with van der Waals surface area (Å²) in [5, 5.41) is 0. The second-order valence-electron chi connectivity index (χ2n) is 4.10. The number of hydrogen-bond acceptors (Lipinski definition) is 4. The summed E-state index contributed by atoms with van der Waals surface area (Å²) in [5.41, 5.74) is 5.79. The second kappa shape index (κ2) is 5.88. The fraction of sp³-hybridized carbons (Fsp3) is 0.455. The Bertz CT molecular complexity index is 573. The zero-order valence-corrected chi connectivity index (χ0v) is 11.8. The number of ether oxygens (including phenoxy) is 1. The molecule has 0 saturated heterocycles. The molecular formula is C11H15F3N2O3S. The third kappa shape index (κ3) is 4.01. The van der Waals surface area contributed by atoms with Gasteiger partial charge in [-0.25, -0.2) is 12.7 Å². The van der Waals surface area contributed by atoms with Crippen molar-refractivity contribution in [3.8, 4) is 5.75 Å². The van der Waals surface area contributed by atoms with Gasteiger partial charge in [-0.1, -0.05) is 0 Å². The minimum Gasteiger partial charge on any atom is -0.495 e. The van der Waals surface area contributed by atoms with Crippen molar-refractivity contribution in [2.75, 3.05) is 26.4 Å². The predicted octanol–water partition coefficient (Wildman–Crippen LogP) is 1.85. The van der Waals surface area contributed by atoms with E-state index in [1.165, 1.54) is 25.3 Å². The van der Waals surface area contributed by atoms with Crippen molar-refractivity contribution >= 4 is 15.7 Å². The van der Waals surface area contributed by atoms with Gasteiger partial charge in [-0.3, -0.25) is 0 Å². The van der Waals surface area contributed by atoms with Gasteiger partial charge in [0, 0.05) is 25.3 Å². The molecule has 0 saturated carbocycles. The highest BCUT2D eigenvalue weighted by Crippen LogP contribution is 2.29. The molecule has 114 valence electrons. The Labute approximate surface area is 115 Å². The van der Waals surface area contributed by atoms with Crippen molar-refractivity contribution in [1.82, 2.24) is 4.31 Å². The van der Waals surface area contributed by atoms with Crippen LogP contribution in [0.15, 0.2) is 23.1 Å². The Balaban J connectivity index is 3.04. The molecule has 1 rings (SSSR count). The maximum Gasteiger partial charge on any atom is 0.390 e. The molecule has 0 atom stereocenters. The average molecular weight is 312 g/mol. The lowest BCUT2D eigenvalue weighted by Crippen LogP contribution is -2.31. The van der Waals surface area contributed by atoms with Crippen LogP contribution in [0.4, 0.5) is 18.9 Å². The van der Waals surface area contributed by atoms with Crippen molar-refractivity contribution in [2.24, 2.45) is 0 Å². The lowest BCUT2D eigenvalue weighted by atomic mass is 10.3. The smallest absolute Gasteiger partial charge is 0.390 e. The average Bonchev–Trinajstić information content (AvgIpc) is 2.34.